The van der Waals surface area contributed by atoms with E-state index in [1.165, 1.54) is 12.1 Å². The summed E-state index contributed by atoms with van der Waals surface area (Å²) in [5.41, 5.74) is 8.03. The van der Waals surface area contributed by atoms with Crippen molar-refractivity contribution in [3.8, 4) is 0 Å². The third kappa shape index (κ3) is 6.33. The van der Waals surface area contributed by atoms with Gasteiger partial charge in [0.05, 0.1) is 0 Å². The largest absolute Gasteiger partial charge is 0.331 e. The number of urea groups is 1. The fraction of sp³-hybridized carbons (Fsp3) is 0.286. The number of nitrogens with one attached hydrogen (secondary N) is 1. The Morgan fingerprint density at radius 1 is 1.35 bits per heavy atom. The molecule has 5 heteroatoms. The van der Waals surface area contributed by atoms with Crippen molar-refractivity contribution in [2.45, 2.75) is 26.9 Å². The van der Waals surface area contributed by atoms with Crippen molar-refractivity contribution in [3.63, 3.8) is 0 Å². The van der Waals surface area contributed by atoms with Crippen LogP contribution in [0.3, 0.4) is 0 Å². The summed E-state index contributed by atoms with van der Waals surface area (Å²) in [6, 6.07) is 4.35. The van der Waals surface area contributed by atoms with Gasteiger partial charge in [-0.15, -0.1) is 6.58 Å². The number of carbonyl (C=O) groups is 1. The SMILES string of the molecule is C=CC(C)C(=C)/C=C\C(=C)NC(=O)N1Cc2ccc(F)cc2C1.CCN. The summed E-state index contributed by atoms with van der Waals surface area (Å²) in [6.07, 6.45) is 5.32. The second kappa shape index (κ2) is 10.4. The summed E-state index contributed by atoms with van der Waals surface area (Å²) < 4.78 is 13.2. The molecule has 1 aliphatic heterocycles. The van der Waals surface area contributed by atoms with E-state index in [9.17, 15) is 9.18 Å². The zero-order chi connectivity index (χ0) is 19.7. The van der Waals surface area contributed by atoms with Crippen LogP contribution in [0.4, 0.5) is 9.18 Å². The first-order valence-electron chi connectivity index (χ1n) is 8.54. The van der Waals surface area contributed by atoms with E-state index in [-0.39, 0.29) is 17.8 Å². The molecule has 140 valence electrons. The number of nitrogens with two attached hydrogens (primary N) is 1. The van der Waals surface area contributed by atoms with Crippen molar-refractivity contribution in [1.29, 1.82) is 0 Å². The summed E-state index contributed by atoms with van der Waals surface area (Å²) in [5.74, 6) is -0.120. The van der Waals surface area contributed by atoms with Gasteiger partial charge in [-0.05, 0) is 47.4 Å². The van der Waals surface area contributed by atoms with Crippen LogP contribution in [-0.4, -0.2) is 17.5 Å². The number of hydrogen-bond acceptors (Lipinski definition) is 2. The number of rotatable bonds is 5. The van der Waals surface area contributed by atoms with E-state index in [0.717, 1.165) is 23.2 Å². The van der Waals surface area contributed by atoms with Crippen molar-refractivity contribution >= 4 is 6.03 Å². The van der Waals surface area contributed by atoms with E-state index in [4.69, 9.17) is 5.73 Å². The van der Waals surface area contributed by atoms with Gasteiger partial charge in [0.1, 0.15) is 5.82 Å². The monoisotopic (exact) mass is 357 g/mol. The van der Waals surface area contributed by atoms with Gasteiger partial charge in [0.25, 0.3) is 0 Å². The Morgan fingerprint density at radius 2 is 1.96 bits per heavy atom. The van der Waals surface area contributed by atoms with Crippen LogP contribution in [0.25, 0.3) is 0 Å². The fourth-order valence-corrected chi connectivity index (χ4v) is 2.28. The van der Waals surface area contributed by atoms with Crippen LogP contribution in [0.15, 0.2) is 67.4 Å². The molecular weight excluding hydrogens is 329 g/mol. The lowest BCUT2D eigenvalue weighted by Crippen LogP contribution is -2.35. The highest BCUT2D eigenvalue weighted by Crippen LogP contribution is 2.23. The quantitative estimate of drug-likeness (QED) is 0.611. The molecule has 0 fully saturated rings. The normalized spacial score (nSPS) is 13.5. The van der Waals surface area contributed by atoms with Gasteiger partial charge in [0, 0.05) is 18.8 Å². The Kier molecular flexibility index (Phi) is 8.52. The Labute approximate surface area is 155 Å². The van der Waals surface area contributed by atoms with Gasteiger partial charge in [-0.1, -0.05) is 45.2 Å². The number of benzene rings is 1. The van der Waals surface area contributed by atoms with Crippen molar-refractivity contribution in [3.05, 3.63) is 84.4 Å². The number of nitrogens with zero attached hydrogens (tertiary/aromatic N) is 1. The van der Waals surface area contributed by atoms with Gasteiger partial charge >= 0.3 is 6.03 Å². The van der Waals surface area contributed by atoms with Gasteiger partial charge in [0.15, 0.2) is 0 Å². The molecule has 0 aromatic heterocycles. The predicted molar refractivity (Wildman–Crippen MR) is 106 cm³/mol. The maximum atomic E-state index is 13.2. The van der Waals surface area contributed by atoms with Gasteiger partial charge in [0.2, 0.25) is 0 Å². The number of hydrogen-bond donors (Lipinski definition) is 2. The Balaban J connectivity index is 0.00000105. The Bertz CT molecular complexity index is 709. The Hall–Kier alpha value is -2.66. The average Bonchev–Trinajstić information content (AvgIpc) is 3.02. The van der Waals surface area contributed by atoms with Gasteiger partial charge in [-0.3, -0.25) is 0 Å². The summed E-state index contributed by atoms with van der Waals surface area (Å²) in [7, 11) is 0. The predicted octanol–water partition coefficient (Wildman–Crippen LogP) is 4.26. The lowest BCUT2D eigenvalue weighted by Gasteiger charge is -2.16. The molecule has 2 rings (SSSR count). The topological polar surface area (TPSA) is 58.4 Å². The third-order valence-electron chi connectivity index (χ3n) is 3.88. The highest BCUT2D eigenvalue weighted by atomic mass is 19.1. The molecule has 3 N–H and O–H groups in total. The standard InChI is InChI=1S/C19H21FN2O.C2H7N/c1-5-13(2)14(3)6-7-15(4)21-19(23)22-11-16-8-9-18(20)10-17(16)12-22;1-2-3/h5-10,13H,1,3-4,11-12H2,2H3,(H,21,23);2-3H2,1H3/b7-6-;. The summed E-state index contributed by atoms with van der Waals surface area (Å²) >= 11 is 0. The van der Waals surface area contributed by atoms with E-state index < -0.39 is 0 Å². The summed E-state index contributed by atoms with van der Waals surface area (Å²) in [4.78, 5) is 13.8. The van der Waals surface area contributed by atoms with Crippen LogP contribution >= 0.6 is 0 Å². The van der Waals surface area contributed by atoms with Crippen molar-refractivity contribution in [1.82, 2.24) is 10.2 Å². The number of fused-ring (bicyclic) bond motifs is 1. The van der Waals surface area contributed by atoms with E-state index >= 15 is 0 Å². The number of halogens is 1. The molecule has 0 radical (unpaired) electrons. The van der Waals surface area contributed by atoms with Crippen molar-refractivity contribution in [2.24, 2.45) is 11.7 Å². The lowest BCUT2D eigenvalue weighted by atomic mass is 10.0. The molecule has 0 aliphatic carbocycles. The van der Waals surface area contributed by atoms with Crippen LogP contribution in [-0.2, 0) is 13.1 Å². The minimum Gasteiger partial charge on any atom is -0.331 e. The van der Waals surface area contributed by atoms with Crippen LogP contribution in [0, 0.1) is 11.7 Å². The van der Waals surface area contributed by atoms with E-state index in [0.29, 0.717) is 18.8 Å². The molecule has 0 saturated heterocycles. The average molecular weight is 357 g/mol. The smallest absolute Gasteiger partial charge is 0.322 e. The molecule has 1 unspecified atom stereocenters. The molecule has 1 aromatic rings. The summed E-state index contributed by atoms with van der Waals surface area (Å²) in [6.45, 7) is 17.0. The molecule has 26 heavy (non-hydrogen) atoms. The molecule has 4 nitrogen and oxygen atoms in total. The third-order valence-corrected chi connectivity index (χ3v) is 3.88. The zero-order valence-corrected chi connectivity index (χ0v) is 15.6. The number of amides is 2. The second-order valence-corrected chi connectivity index (χ2v) is 6.07. The maximum Gasteiger partial charge on any atom is 0.322 e. The molecule has 0 spiro atoms. The lowest BCUT2D eigenvalue weighted by molar-refractivity contribution is 0.201. The van der Waals surface area contributed by atoms with Crippen LogP contribution in [0.1, 0.15) is 25.0 Å². The highest BCUT2D eigenvalue weighted by Gasteiger charge is 2.23. The minimum atomic E-state index is -0.284. The van der Waals surface area contributed by atoms with Gasteiger partial charge in [-0.25, -0.2) is 9.18 Å². The molecule has 2 amide bonds. The van der Waals surface area contributed by atoms with Gasteiger partial charge in [-0.2, -0.15) is 0 Å². The molecule has 1 aliphatic rings. The minimum absolute atomic E-state index is 0.165. The molecule has 1 aromatic carbocycles. The van der Waals surface area contributed by atoms with E-state index in [2.05, 4.69) is 25.1 Å². The van der Waals surface area contributed by atoms with Crippen LogP contribution in [0.5, 0.6) is 0 Å². The zero-order valence-electron chi connectivity index (χ0n) is 15.6. The molecule has 0 bridgehead atoms. The molecular formula is C21H28FN3O. The first kappa shape index (κ1) is 21.4. The number of allylic oxidation sites excluding steroid dienone is 4. The fourth-order valence-electron chi connectivity index (χ4n) is 2.28. The molecule has 1 heterocycles. The van der Waals surface area contributed by atoms with Gasteiger partial charge < -0.3 is 16.0 Å². The van der Waals surface area contributed by atoms with Crippen LogP contribution < -0.4 is 11.1 Å². The van der Waals surface area contributed by atoms with E-state index in [1.54, 1.807) is 23.1 Å². The Morgan fingerprint density at radius 3 is 2.58 bits per heavy atom. The van der Waals surface area contributed by atoms with Crippen LogP contribution in [0.2, 0.25) is 0 Å². The second-order valence-electron chi connectivity index (χ2n) is 6.07. The van der Waals surface area contributed by atoms with E-state index in [1.807, 2.05) is 19.9 Å². The summed E-state index contributed by atoms with van der Waals surface area (Å²) in [5, 5.41) is 2.73. The molecule has 1 atom stereocenters. The maximum absolute atomic E-state index is 13.2. The first-order chi connectivity index (χ1) is 12.3. The van der Waals surface area contributed by atoms with Crippen molar-refractivity contribution < 1.29 is 9.18 Å². The highest BCUT2D eigenvalue weighted by molar-refractivity contribution is 5.77. The number of carbonyl (C=O) groups excluding carboxylic acids is 1. The first-order valence-corrected chi connectivity index (χ1v) is 8.54. The molecule has 0 saturated carbocycles. The van der Waals surface area contributed by atoms with Crippen molar-refractivity contribution in [2.75, 3.05) is 6.54 Å².